The van der Waals surface area contributed by atoms with E-state index in [4.69, 9.17) is 4.84 Å². The molecule has 0 aromatic carbocycles. The fraction of sp³-hybridized carbons (Fsp3) is 0.333. The van der Waals surface area contributed by atoms with Crippen molar-refractivity contribution in [1.29, 1.82) is 0 Å². The third-order valence-electron chi connectivity index (χ3n) is 3.09. The van der Waals surface area contributed by atoms with Gasteiger partial charge in [0.2, 0.25) is 5.95 Å². The molecule has 0 saturated carbocycles. The van der Waals surface area contributed by atoms with Crippen molar-refractivity contribution in [3.8, 4) is 0 Å². The molecule has 2 amide bonds. The van der Waals surface area contributed by atoms with Crippen molar-refractivity contribution in [3.63, 3.8) is 0 Å². The number of hydroxylamine groups is 2. The van der Waals surface area contributed by atoms with Gasteiger partial charge < -0.3 is 4.90 Å². The van der Waals surface area contributed by atoms with E-state index >= 15 is 0 Å². The summed E-state index contributed by atoms with van der Waals surface area (Å²) in [7, 11) is 0. The highest BCUT2D eigenvalue weighted by atomic mass is 19.1. The maximum Gasteiger partial charge on any atom is 0.345 e. The molecule has 6 nitrogen and oxygen atoms in total. The highest BCUT2D eigenvalue weighted by Gasteiger charge is 2.41. The Morgan fingerprint density at radius 3 is 3.16 bits per heavy atom. The van der Waals surface area contributed by atoms with Crippen molar-refractivity contribution in [2.45, 2.75) is 6.04 Å². The van der Waals surface area contributed by atoms with Crippen LogP contribution in [0.1, 0.15) is 0 Å². The first-order valence-corrected chi connectivity index (χ1v) is 5.93. The average molecular weight is 264 g/mol. The zero-order valence-electron chi connectivity index (χ0n) is 10.2. The van der Waals surface area contributed by atoms with Gasteiger partial charge in [-0.2, -0.15) is 9.45 Å². The van der Waals surface area contributed by atoms with Gasteiger partial charge in [0, 0.05) is 18.8 Å². The van der Waals surface area contributed by atoms with Crippen molar-refractivity contribution >= 4 is 11.7 Å². The average Bonchev–Trinajstić information content (AvgIpc) is 2.92. The first kappa shape index (κ1) is 11.9. The predicted molar refractivity (Wildman–Crippen MR) is 65.2 cm³/mol. The van der Waals surface area contributed by atoms with Gasteiger partial charge in [-0.15, -0.1) is 11.7 Å². The van der Waals surface area contributed by atoms with Gasteiger partial charge in [0.1, 0.15) is 0 Å². The molecule has 1 unspecified atom stereocenters. The minimum absolute atomic E-state index is 0.177. The van der Waals surface area contributed by atoms with Crippen molar-refractivity contribution < 1.29 is 14.0 Å². The summed E-state index contributed by atoms with van der Waals surface area (Å²) in [6.45, 7) is 4.79. The fourth-order valence-corrected chi connectivity index (χ4v) is 2.28. The third-order valence-corrected chi connectivity index (χ3v) is 3.09. The van der Waals surface area contributed by atoms with E-state index in [1.165, 1.54) is 22.0 Å². The second-order valence-electron chi connectivity index (χ2n) is 4.38. The quantitative estimate of drug-likeness (QED) is 0.765. The molecule has 1 fully saturated rings. The van der Waals surface area contributed by atoms with Crippen molar-refractivity contribution in [1.82, 2.24) is 19.7 Å². The SMILES string of the molecule is C=CCON1C(=O)N2CC(n3ccc(F)n3)=CC1C2. The Balaban J connectivity index is 1.84. The number of hydrogen-bond acceptors (Lipinski definition) is 3. The molecule has 2 aliphatic rings. The first-order chi connectivity index (χ1) is 9.19. The number of halogens is 1. The fourth-order valence-electron chi connectivity index (χ4n) is 2.28. The molecule has 0 radical (unpaired) electrons. The third kappa shape index (κ3) is 2.01. The molecule has 3 heterocycles. The van der Waals surface area contributed by atoms with Crippen LogP contribution in [0.4, 0.5) is 9.18 Å². The Morgan fingerprint density at radius 2 is 2.47 bits per heavy atom. The van der Waals surface area contributed by atoms with Crippen LogP contribution in [0.15, 0.2) is 31.0 Å². The largest absolute Gasteiger partial charge is 0.345 e. The monoisotopic (exact) mass is 264 g/mol. The van der Waals surface area contributed by atoms with Gasteiger partial charge >= 0.3 is 6.03 Å². The summed E-state index contributed by atoms with van der Waals surface area (Å²) in [5.74, 6) is -0.542. The number of hydrogen-bond donors (Lipinski definition) is 0. The number of amides is 2. The molecular weight excluding hydrogens is 251 g/mol. The molecule has 1 aromatic heterocycles. The van der Waals surface area contributed by atoms with E-state index < -0.39 is 5.95 Å². The molecule has 1 saturated heterocycles. The number of carbonyl (C=O) groups excluding carboxylic acids is 1. The summed E-state index contributed by atoms with van der Waals surface area (Å²) in [6.07, 6.45) is 4.99. The Bertz CT molecular complexity index is 554. The second kappa shape index (κ2) is 4.51. The molecule has 7 heteroatoms. The Hall–Kier alpha value is -2.15. The van der Waals surface area contributed by atoms with Crippen LogP contribution < -0.4 is 0 Å². The summed E-state index contributed by atoms with van der Waals surface area (Å²) in [5.41, 5.74) is 0.762. The zero-order chi connectivity index (χ0) is 13.4. The van der Waals surface area contributed by atoms with Gasteiger partial charge in [0.05, 0.1) is 24.9 Å². The standard InChI is InChI=1S/C12H13FN4O2/c1-2-5-19-17-10-6-9(7-15(8-10)12(17)18)16-4-3-11(13)14-16/h2-4,6,10H,1,5,7-8H2. The highest BCUT2D eigenvalue weighted by Crippen LogP contribution is 2.26. The van der Waals surface area contributed by atoms with Crippen LogP contribution in [0.25, 0.3) is 5.70 Å². The van der Waals surface area contributed by atoms with Gasteiger partial charge in [-0.25, -0.2) is 9.48 Å². The highest BCUT2D eigenvalue weighted by molar-refractivity contribution is 5.80. The van der Waals surface area contributed by atoms with Crippen LogP contribution >= 0.6 is 0 Å². The molecule has 0 N–H and O–H groups in total. The number of carbonyl (C=O) groups is 1. The van der Waals surface area contributed by atoms with Gasteiger partial charge in [0.15, 0.2) is 0 Å². The number of aromatic nitrogens is 2. The van der Waals surface area contributed by atoms with Gasteiger partial charge in [0.25, 0.3) is 0 Å². The van der Waals surface area contributed by atoms with Crippen LogP contribution in [-0.2, 0) is 4.84 Å². The van der Waals surface area contributed by atoms with E-state index in [1.54, 1.807) is 11.0 Å². The molecule has 100 valence electrons. The smallest absolute Gasteiger partial charge is 0.314 e. The van der Waals surface area contributed by atoms with E-state index in [2.05, 4.69) is 11.7 Å². The number of rotatable bonds is 4. The molecule has 2 bridgehead atoms. The topological polar surface area (TPSA) is 50.6 Å². The van der Waals surface area contributed by atoms with Gasteiger partial charge in [-0.1, -0.05) is 6.08 Å². The number of urea groups is 1. The number of nitrogens with zero attached hydrogens (tertiary/aromatic N) is 4. The molecular formula is C12H13FN4O2. The Labute approximate surface area is 109 Å². The molecule has 2 aliphatic heterocycles. The summed E-state index contributed by atoms with van der Waals surface area (Å²) in [4.78, 5) is 19.0. The zero-order valence-corrected chi connectivity index (χ0v) is 10.2. The van der Waals surface area contributed by atoms with E-state index in [0.717, 1.165) is 5.70 Å². The van der Waals surface area contributed by atoms with Crippen LogP contribution in [-0.4, -0.2) is 51.5 Å². The summed E-state index contributed by atoms with van der Waals surface area (Å²) >= 11 is 0. The molecule has 0 spiro atoms. The van der Waals surface area contributed by atoms with Crippen molar-refractivity contribution in [2.24, 2.45) is 0 Å². The summed E-state index contributed by atoms with van der Waals surface area (Å²) in [6, 6.07) is 0.912. The molecule has 0 aliphatic carbocycles. The molecule has 1 aromatic rings. The van der Waals surface area contributed by atoms with E-state index in [1.807, 2.05) is 6.08 Å². The Kier molecular flexibility index (Phi) is 2.83. The van der Waals surface area contributed by atoms with Crippen LogP contribution in [0.3, 0.4) is 0 Å². The van der Waals surface area contributed by atoms with Crippen LogP contribution in [0.5, 0.6) is 0 Å². The maximum absolute atomic E-state index is 12.9. The minimum atomic E-state index is -0.542. The van der Waals surface area contributed by atoms with E-state index in [-0.39, 0.29) is 18.7 Å². The number of fused-ring (bicyclic) bond motifs is 2. The van der Waals surface area contributed by atoms with E-state index in [9.17, 15) is 9.18 Å². The van der Waals surface area contributed by atoms with Crippen molar-refractivity contribution in [3.05, 3.63) is 36.9 Å². The lowest BCUT2D eigenvalue weighted by atomic mass is 10.2. The summed E-state index contributed by atoms with van der Waals surface area (Å²) in [5, 5.41) is 5.04. The maximum atomic E-state index is 12.9. The van der Waals surface area contributed by atoms with E-state index in [0.29, 0.717) is 13.1 Å². The molecule has 1 atom stereocenters. The van der Waals surface area contributed by atoms with Gasteiger partial charge in [-0.05, 0) is 6.08 Å². The lowest BCUT2D eigenvalue weighted by molar-refractivity contribution is -0.107. The lowest BCUT2D eigenvalue weighted by Crippen LogP contribution is -2.33. The lowest BCUT2D eigenvalue weighted by Gasteiger charge is -2.21. The van der Waals surface area contributed by atoms with Crippen LogP contribution in [0.2, 0.25) is 0 Å². The normalized spacial score (nSPS) is 21.8. The summed E-state index contributed by atoms with van der Waals surface area (Å²) < 4.78 is 14.4. The first-order valence-electron chi connectivity index (χ1n) is 5.93. The van der Waals surface area contributed by atoms with Crippen LogP contribution in [0, 0.1) is 5.95 Å². The Morgan fingerprint density at radius 1 is 1.63 bits per heavy atom. The second-order valence-corrected chi connectivity index (χ2v) is 4.38. The molecule has 3 rings (SSSR count). The van der Waals surface area contributed by atoms with Gasteiger partial charge in [-0.3, -0.25) is 4.84 Å². The van der Waals surface area contributed by atoms with Crippen molar-refractivity contribution in [2.75, 3.05) is 19.7 Å². The molecule has 19 heavy (non-hydrogen) atoms. The minimum Gasteiger partial charge on any atom is -0.314 e. The predicted octanol–water partition coefficient (Wildman–Crippen LogP) is 1.10.